The summed E-state index contributed by atoms with van der Waals surface area (Å²) in [4.78, 5) is 22.1. The summed E-state index contributed by atoms with van der Waals surface area (Å²) >= 11 is 0. The van der Waals surface area contributed by atoms with E-state index in [2.05, 4.69) is 32.4 Å². The fraction of sp³-hybridized carbons (Fsp3) is 0.381. The van der Waals surface area contributed by atoms with Crippen LogP contribution in [0.1, 0.15) is 47.6 Å². The Morgan fingerprint density at radius 3 is 3.00 bits per heavy atom. The molecule has 5 rings (SSSR count). The Bertz CT molecular complexity index is 1080. The van der Waals surface area contributed by atoms with Gasteiger partial charge in [0, 0.05) is 18.2 Å². The summed E-state index contributed by atoms with van der Waals surface area (Å²) < 4.78 is 13.2. The number of carbonyl (C=O) groups is 1. The molecule has 2 aliphatic rings. The molecule has 9 heteroatoms. The van der Waals surface area contributed by atoms with Gasteiger partial charge in [-0.15, -0.1) is 10.2 Å². The molecule has 5 heterocycles. The zero-order valence-electron chi connectivity index (χ0n) is 16.6. The summed E-state index contributed by atoms with van der Waals surface area (Å²) in [7, 11) is 0. The molecule has 3 aromatic heterocycles. The molecule has 0 aromatic carbocycles. The van der Waals surface area contributed by atoms with Gasteiger partial charge in [-0.1, -0.05) is 6.07 Å². The van der Waals surface area contributed by atoms with E-state index in [4.69, 9.17) is 9.47 Å². The van der Waals surface area contributed by atoms with Crippen LogP contribution in [0.4, 0.5) is 5.82 Å². The van der Waals surface area contributed by atoms with Crippen LogP contribution in [-0.4, -0.2) is 50.5 Å². The van der Waals surface area contributed by atoms with Gasteiger partial charge in [0.2, 0.25) is 5.88 Å². The molecular weight excluding hydrogens is 384 g/mol. The zero-order valence-corrected chi connectivity index (χ0v) is 16.6. The summed E-state index contributed by atoms with van der Waals surface area (Å²) in [6, 6.07) is 7.47. The van der Waals surface area contributed by atoms with Gasteiger partial charge < -0.3 is 19.4 Å². The minimum Gasteiger partial charge on any atom is -0.477 e. The number of hydrogen-bond donors (Lipinski definition) is 1. The second-order valence-electron chi connectivity index (χ2n) is 7.62. The Labute approximate surface area is 173 Å². The molecule has 9 nitrogen and oxygen atoms in total. The highest BCUT2D eigenvalue weighted by Gasteiger charge is 2.25. The highest BCUT2D eigenvalue weighted by Crippen LogP contribution is 2.29. The molecule has 154 valence electrons. The molecule has 0 aliphatic carbocycles. The lowest BCUT2D eigenvalue weighted by atomic mass is 9.98. The van der Waals surface area contributed by atoms with Crippen LogP contribution >= 0.6 is 0 Å². The largest absolute Gasteiger partial charge is 0.477 e. The minimum absolute atomic E-state index is 0.176. The average molecular weight is 406 g/mol. The monoisotopic (exact) mass is 406 g/mol. The predicted octanol–water partition coefficient (Wildman–Crippen LogP) is 2.83. The fourth-order valence-corrected chi connectivity index (χ4v) is 3.65. The maximum Gasteiger partial charge on any atom is 0.262 e. The smallest absolute Gasteiger partial charge is 0.262 e. The number of nitrogens with zero attached hydrogens (tertiary/aromatic N) is 5. The van der Waals surface area contributed by atoms with Crippen LogP contribution in [0.5, 0.6) is 5.88 Å². The summed E-state index contributed by atoms with van der Waals surface area (Å²) in [6.07, 6.45) is 5.15. The Hall–Kier alpha value is -3.33. The summed E-state index contributed by atoms with van der Waals surface area (Å²) in [5.74, 6) is 1.39. The van der Waals surface area contributed by atoms with Gasteiger partial charge in [0.05, 0.1) is 19.8 Å². The zero-order chi connectivity index (χ0) is 20.5. The molecule has 1 unspecified atom stereocenters. The SMILES string of the molecule is CC1CCCOc2ncc(C3COC3)cc2C(=O)Nc2cccc(n2)-c2nncn21. The normalized spacial score (nSPS) is 19.5. The second-order valence-corrected chi connectivity index (χ2v) is 7.62. The number of pyridine rings is 2. The van der Waals surface area contributed by atoms with Gasteiger partial charge in [-0.3, -0.25) is 4.79 Å². The van der Waals surface area contributed by atoms with Crippen LogP contribution in [0, 0.1) is 0 Å². The molecule has 1 amide bonds. The molecule has 1 atom stereocenters. The number of hydrogen-bond acceptors (Lipinski definition) is 7. The first kappa shape index (κ1) is 18.7. The van der Waals surface area contributed by atoms with Crippen molar-refractivity contribution in [2.45, 2.75) is 31.7 Å². The van der Waals surface area contributed by atoms with Gasteiger partial charge in [0.1, 0.15) is 23.4 Å². The lowest BCUT2D eigenvalue weighted by molar-refractivity contribution is 0.00822. The maximum absolute atomic E-state index is 13.1. The van der Waals surface area contributed by atoms with E-state index >= 15 is 0 Å². The number of fused-ring (bicyclic) bond motifs is 5. The molecule has 30 heavy (non-hydrogen) atoms. The number of aromatic nitrogens is 5. The molecule has 1 N–H and O–H groups in total. The van der Waals surface area contributed by atoms with Crippen molar-refractivity contribution in [3.8, 4) is 17.4 Å². The number of ether oxygens (including phenoxy) is 2. The van der Waals surface area contributed by atoms with Crippen molar-refractivity contribution in [1.29, 1.82) is 0 Å². The Morgan fingerprint density at radius 1 is 1.27 bits per heavy atom. The summed E-state index contributed by atoms with van der Waals surface area (Å²) in [5.41, 5.74) is 2.03. The topological polar surface area (TPSA) is 104 Å². The minimum atomic E-state index is -0.309. The Morgan fingerprint density at radius 2 is 2.17 bits per heavy atom. The van der Waals surface area contributed by atoms with Crippen molar-refractivity contribution in [2.75, 3.05) is 25.1 Å². The van der Waals surface area contributed by atoms with Gasteiger partial charge >= 0.3 is 0 Å². The fourth-order valence-electron chi connectivity index (χ4n) is 3.65. The van der Waals surface area contributed by atoms with E-state index in [0.717, 1.165) is 18.4 Å². The van der Waals surface area contributed by atoms with Gasteiger partial charge in [-0.25, -0.2) is 9.97 Å². The molecule has 1 fully saturated rings. The van der Waals surface area contributed by atoms with E-state index < -0.39 is 0 Å². The van der Waals surface area contributed by atoms with Crippen LogP contribution in [0.3, 0.4) is 0 Å². The number of anilines is 1. The lowest BCUT2D eigenvalue weighted by Gasteiger charge is -2.26. The van der Waals surface area contributed by atoms with Crippen molar-refractivity contribution in [1.82, 2.24) is 24.7 Å². The standard InChI is InChI=1S/C21H22N6O3/c1-13-4-3-7-30-21-16(8-14(9-22-21)15-10-29-11-15)20(28)25-18-6-2-5-17(24-18)19-26-23-12-27(13)19/h2,5-6,8-9,12-13,15H,3-4,7,10-11H2,1H3,(H,24,25,28). The van der Waals surface area contributed by atoms with Crippen LogP contribution < -0.4 is 10.1 Å². The molecule has 0 radical (unpaired) electrons. The lowest BCUT2D eigenvalue weighted by Crippen LogP contribution is -2.26. The summed E-state index contributed by atoms with van der Waals surface area (Å²) in [5, 5.41) is 11.2. The quantitative estimate of drug-likeness (QED) is 0.663. The third kappa shape index (κ3) is 3.52. The van der Waals surface area contributed by atoms with Gasteiger partial charge in [0.15, 0.2) is 5.82 Å². The number of amides is 1. The summed E-state index contributed by atoms with van der Waals surface area (Å²) in [6.45, 7) is 3.87. The van der Waals surface area contributed by atoms with E-state index in [0.29, 0.717) is 48.6 Å². The number of carbonyl (C=O) groups excluding carboxylic acids is 1. The van der Waals surface area contributed by atoms with Gasteiger partial charge in [0.25, 0.3) is 5.91 Å². The first-order valence-electron chi connectivity index (χ1n) is 10.1. The third-order valence-electron chi connectivity index (χ3n) is 5.50. The van der Waals surface area contributed by atoms with Crippen molar-refractivity contribution in [3.05, 3.63) is 47.9 Å². The van der Waals surface area contributed by atoms with E-state index in [9.17, 15) is 4.79 Å². The first-order valence-corrected chi connectivity index (χ1v) is 10.1. The van der Waals surface area contributed by atoms with Crippen LogP contribution in [0.15, 0.2) is 36.8 Å². The molecular formula is C21H22N6O3. The van der Waals surface area contributed by atoms with E-state index in [1.54, 1.807) is 18.6 Å². The van der Waals surface area contributed by atoms with Crippen molar-refractivity contribution < 1.29 is 14.3 Å². The van der Waals surface area contributed by atoms with Crippen LogP contribution in [0.2, 0.25) is 0 Å². The Balaban J connectivity index is 1.53. The van der Waals surface area contributed by atoms with Crippen molar-refractivity contribution in [2.24, 2.45) is 0 Å². The van der Waals surface area contributed by atoms with E-state index in [1.807, 2.05) is 22.8 Å². The highest BCUT2D eigenvalue weighted by atomic mass is 16.5. The van der Waals surface area contributed by atoms with Gasteiger partial charge in [-0.05, 0) is 43.5 Å². The van der Waals surface area contributed by atoms with Crippen molar-refractivity contribution >= 4 is 11.7 Å². The first-order chi connectivity index (χ1) is 14.7. The van der Waals surface area contributed by atoms with Crippen LogP contribution in [0.25, 0.3) is 11.5 Å². The molecule has 2 aliphatic heterocycles. The van der Waals surface area contributed by atoms with E-state index in [1.165, 1.54) is 0 Å². The van der Waals surface area contributed by atoms with Crippen LogP contribution in [-0.2, 0) is 4.74 Å². The Kier molecular flexibility index (Phi) is 4.88. The van der Waals surface area contributed by atoms with Gasteiger partial charge in [-0.2, -0.15) is 0 Å². The predicted molar refractivity (Wildman–Crippen MR) is 108 cm³/mol. The second kappa shape index (κ2) is 7.83. The molecule has 1 saturated heterocycles. The van der Waals surface area contributed by atoms with Crippen molar-refractivity contribution in [3.63, 3.8) is 0 Å². The molecule has 3 aromatic rings. The number of rotatable bonds is 1. The molecule has 0 saturated carbocycles. The average Bonchev–Trinajstić information content (AvgIpc) is 3.20. The highest BCUT2D eigenvalue weighted by molar-refractivity contribution is 6.05. The third-order valence-corrected chi connectivity index (χ3v) is 5.50. The molecule has 0 spiro atoms. The number of nitrogens with one attached hydrogen (secondary N) is 1. The maximum atomic E-state index is 13.1. The molecule has 2 bridgehead atoms. The van der Waals surface area contributed by atoms with E-state index in [-0.39, 0.29) is 17.9 Å².